The predicted octanol–water partition coefficient (Wildman–Crippen LogP) is 1.44. The maximum Gasteiger partial charge on any atom is 0.305 e. The first-order valence-electron chi connectivity index (χ1n) is 6.77. The number of methoxy groups -OCH3 is 1. The van der Waals surface area contributed by atoms with Gasteiger partial charge in [0, 0.05) is 13.0 Å². The molecule has 1 aromatic rings. The Labute approximate surface area is 131 Å². The number of nitrogens with two attached hydrogens (primary N) is 1. The van der Waals surface area contributed by atoms with Crippen molar-refractivity contribution < 1.29 is 14.3 Å². The molecule has 0 spiro atoms. The Balaban J connectivity index is 0.00000400. The van der Waals surface area contributed by atoms with Crippen molar-refractivity contribution in [1.82, 2.24) is 5.32 Å². The normalized spacial score (nSPS) is 11.1. The SMILES string of the molecule is COC(=O)CCCCNC(=O)[C@@H](N)Cc1ccccc1.Cl. The van der Waals surface area contributed by atoms with Crippen LogP contribution in [0, 0.1) is 0 Å². The number of hydrogen-bond donors (Lipinski definition) is 2. The van der Waals surface area contributed by atoms with E-state index in [4.69, 9.17) is 5.73 Å². The second-order valence-electron chi connectivity index (χ2n) is 4.62. The van der Waals surface area contributed by atoms with Gasteiger partial charge in [0.1, 0.15) is 0 Å². The Morgan fingerprint density at radius 1 is 1.24 bits per heavy atom. The highest BCUT2D eigenvalue weighted by atomic mass is 35.5. The molecular formula is C15H23ClN2O3. The van der Waals surface area contributed by atoms with Gasteiger partial charge in [-0.15, -0.1) is 12.4 Å². The number of ether oxygens (including phenoxy) is 1. The van der Waals surface area contributed by atoms with Gasteiger partial charge in [0.25, 0.3) is 0 Å². The molecule has 0 saturated carbocycles. The van der Waals surface area contributed by atoms with E-state index < -0.39 is 6.04 Å². The molecule has 0 saturated heterocycles. The molecule has 0 bridgehead atoms. The number of carbonyl (C=O) groups excluding carboxylic acids is 2. The monoisotopic (exact) mass is 314 g/mol. The number of benzene rings is 1. The lowest BCUT2D eigenvalue weighted by Crippen LogP contribution is -2.42. The number of esters is 1. The van der Waals surface area contributed by atoms with Crippen molar-refractivity contribution in [2.75, 3.05) is 13.7 Å². The fraction of sp³-hybridized carbons (Fsp3) is 0.467. The molecule has 1 rings (SSSR count). The Morgan fingerprint density at radius 3 is 2.52 bits per heavy atom. The minimum atomic E-state index is -0.544. The highest BCUT2D eigenvalue weighted by Gasteiger charge is 2.13. The quantitative estimate of drug-likeness (QED) is 0.562. The van der Waals surface area contributed by atoms with Crippen LogP contribution in [0.3, 0.4) is 0 Å². The number of carbonyl (C=O) groups is 2. The molecule has 0 unspecified atom stereocenters. The van der Waals surface area contributed by atoms with Crippen LogP contribution in [0.4, 0.5) is 0 Å². The van der Waals surface area contributed by atoms with Crippen LogP contribution in [0.5, 0.6) is 0 Å². The van der Waals surface area contributed by atoms with E-state index in [1.165, 1.54) is 7.11 Å². The fourth-order valence-electron chi connectivity index (χ4n) is 1.80. The van der Waals surface area contributed by atoms with Crippen LogP contribution in [-0.4, -0.2) is 31.6 Å². The maximum atomic E-state index is 11.8. The fourth-order valence-corrected chi connectivity index (χ4v) is 1.80. The van der Waals surface area contributed by atoms with Crippen LogP contribution in [0.15, 0.2) is 30.3 Å². The van der Waals surface area contributed by atoms with Crippen LogP contribution in [0.1, 0.15) is 24.8 Å². The Bertz CT molecular complexity index is 426. The number of halogens is 1. The molecule has 0 fully saturated rings. The molecule has 118 valence electrons. The van der Waals surface area contributed by atoms with Crippen molar-refractivity contribution in [2.45, 2.75) is 31.7 Å². The van der Waals surface area contributed by atoms with Crippen LogP contribution in [-0.2, 0) is 20.7 Å². The van der Waals surface area contributed by atoms with Gasteiger partial charge in [0.05, 0.1) is 13.2 Å². The van der Waals surface area contributed by atoms with E-state index >= 15 is 0 Å². The first-order chi connectivity index (χ1) is 9.63. The van der Waals surface area contributed by atoms with Crippen LogP contribution in [0.2, 0.25) is 0 Å². The zero-order valence-electron chi connectivity index (χ0n) is 12.2. The summed E-state index contributed by atoms with van der Waals surface area (Å²) in [6, 6.07) is 9.13. The van der Waals surface area contributed by atoms with Crippen molar-refractivity contribution in [3.63, 3.8) is 0 Å². The summed E-state index contributed by atoms with van der Waals surface area (Å²) < 4.78 is 4.54. The van der Waals surface area contributed by atoms with Gasteiger partial charge in [0.15, 0.2) is 0 Å². The lowest BCUT2D eigenvalue weighted by molar-refractivity contribution is -0.140. The van der Waals surface area contributed by atoms with Gasteiger partial charge in [-0.2, -0.15) is 0 Å². The summed E-state index contributed by atoms with van der Waals surface area (Å²) in [5, 5.41) is 2.78. The van der Waals surface area contributed by atoms with Crippen LogP contribution >= 0.6 is 12.4 Å². The van der Waals surface area contributed by atoms with Crippen molar-refractivity contribution in [3.05, 3.63) is 35.9 Å². The lowest BCUT2D eigenvalue weighted by atomic mass is 10.1. The second-order valence-corrected chi connectivity index (χ2v) is 4.62. The summed E-state index contributed by atoms with van der Waals surface area (Å²) in [5.41, 5.74) is 6.89. The van der Waals surface area contributed by atoms with Gasteiger partial charge < -0.3 is 15.8 Å². The van der Waals surface area contributed by atoms with E-state index in [0.29, 0.717) is 25.8 Å². The van der Waals surface area contributed by atoms with E-state index in [2.05, 4.69) is 10.1 Å². The average Bonchev–Trinajstić information content (AvgIpc) is 2.47. The summed E-state index contributed by atoms with van der Waals surface area (Å²) in [6.45, 7) is 0.526. The number of amides is 1. The molecule has 6 heteroatoms. The Hall–Kier alpha value is -1.59. The average molecular weight is 315 g/mol. The van der Waals surface area contributed by atoms with E-state index in [-0.39, 0.29) is 24.3 Å². The van der Waals surface area contributed by atoms with Crippen molar-refractivity contribution in [3.8, 4) is 0 Å². The van der Waals surface area contributed by atoms with E-state index in [1.807, 2.05) is 30.3 Å². The summed E-state index contributed by atoms with van der Waals surface area (Å²) in [4.78, 5) is 22.7. The van der Waals surface area contributed by atoms with Gasteiger partial charge in [-0.25, -0.2) is 0 Å². The van der Waals surface area contributed by atoms with Crippen LogP contribution in [0.25, 0.3) is 0 Å². The zero-order chi connectivity index (χ0) is 14.8. The molecule has 0 heterocycles. The molecule has 0 aromatic heterocycles. The molecule has 0 radical (unpaired) electrons. The first kappa shape index (κ1) is 19.4. The molecule has 3 N–H and O–H groups in total. The maximum absolute atomic E-state index is 11.8. The molecular weight excluding hydrogens is 292 g/mol. The summed E-state index contributed by atoms with van der Waals surface area (Å²) >= 11 is 0. The molecule has 1 amide bonds. The molecule has 0 aliphatic rings. The van der Waals surface area contributed by atoms with E-state index in [9.17, 15) is 9.59 Å². The largest absolute Gasteiger partial charge is 0.469 e. The highest BCUT2D eigenvalue weighted by molar-refractivity contribution is 5.85. The van der Waals surface area contributed by atoms with E-state index in [0.717, 1.165) is 12.0 Å². The Kier molecular flexibility index (Phi) is 10.3. The molecule has 5 nitrogen and oxygen atoms in total. The van der Waals surface area contributed by atoms with Crippen molar-refractivity contribution in [2.24, 2.45) is 5.73 Å². The molecule has 1 atom stereocenters. The van der Waals surface area contributed by atoms with Gasteiger partial charge >= 0.3 is 5.97 Å². The third kappa shape index (κ3) is 8.32. The first-order valence-corrected chi connectivity index (χ1v) is 6.77. The molecule has 0 aliphatic heterocycles. The smallest absolute Gasteiger partial charge is 0.305 e. The number of nitrogens with one attached hydrogen (secondary N) is 1. The number of rotatable bonds is 8. The Morgan fingerprint density at radius 2 is 1.90 bits per heavy atom. The standard InChI is InChI=1S/C15H22N2O3.ClH/c1-20-14(18)9-5-6-10-17-15(19)13(16)11-12-7-3-2-4-8-12;/h2-4,7-8,13H,5-6,9-11,16H2,1H3,(H,17,19);1H/t13-;/m0./s1. The predicted molar refractivity (Wildman–Crippen MR) is 84.2 cm³/mol. The van der Waals surface area contributed by atoms with E-state index in [1.54, 1.807) is 0 Å². The van der Waals surface area contributed by atoms with Gasteiger partial charge in [-0.3, -0.25) is 9.59 Å². The third-order valence-corrected chi connectivity index (χ3v) is 2.97. The summed E-state index contributed by atoms with van der Waals surface area (Å²) in [7, 11) is 1.37. The zero-order valence-corrected chi connectivity index (χ0v) is 13.0. The summed E-state index contributed by atoms with van der Waals surface area (Å²) in [5.74, 6) is -0.385. The molecule has 1 aromatic carbocycles. The van der Waals surface area contributed by atoms with Crippen molar-refractivity contribution in [1.29, 1.82) is 0 Å². The topological polar surface area (TPSA) is 81.4 Å². The second kappa shape index (κ2) is 11.1. The minimum Gasteiger partial charge on any atom is -0.469 e. The van der Waals surface area contributed by atoms with Gasteiger partial charge in [0.2, 0.25) is 5.91 Å². The van der Waals surface area contributed by atoms with Gasteiger partial charge in [-0.1, -0.05) is 30.3 Å². The third-order valence-electron chi connectivity index (χ3n) is 2.97. The summed E-state index contributed by atoms with van der Waals surface area (Å²) in [6.07, 6.45) is 2.33. The minimum absolute atomic E-state index is 0. The lowest BCUT2D eigenvalue weighted by Gasteiger charge is -2.12. The van der Waals surface area contributed by atoms with Gasteiger partial charge in [-0.05, 0) is 24.8 Å². The molecule has 21 heavy (non-hydrogen) atoms. The van der Waals surface area contributed by atoms with Crippen LogP contribution < -0.4 is 11.1 Å². The number of hydrogen-bond acceptors (Lipinski definition) is 4. The van der Waals surface area contributed by atoms with Crippen molar-refractivity contribution >= 4 is 24.3 Å². The highest BCUT2D eigenvalue weighted by Crippen LogP contribution is 2.02. The number of unbranched alkanes of at least 4 members (excludes halogenated alkanes) is 1. The molecule has 0 aliphatic carbocycles.